The lowest BCUT2D eigenvalue weighted by atomic mass is 9.99. The Hall–Kier alpha value is -2.86. The molecule has 0 radical (unpaired) electrons. The molecule has 1 aliphatic rings. The maximum Gasteiger partial charge on any atom is 0.328 e. The number of hydrogen-bond donors (Lipinski definition) is 1. The third kappa shape index (κ3) is 1.62. The van der Waals surface area contributed by atoms with Gasteiger partial charge in [-0.05, 0) is 28.3 Å². The second-order valence-corrected chi connectivity index (χ2v) is 4.28. The molecule has 0 unspecified atom stereocenters. The normalized spacial score (nSPS) is 13.7. The number of nitriles is 1. The molecule has 0 bridgehead atoms. The molecule has 90 valence electrons. The molecule has 0 saturated carbocycles. The summed E-state index contributed by atoms with van der Waals surface area (Å²) >= 11 is 0. The smallest absolute Gasteiger partial charge is 0.328 e. The van der Waals surface area contributed by atoms with Gasteiger partial charge in [-0.25, -0.2) is 4.79 Å². The number of nitrogens with zero attached hydrogens (tertiary/aromatic N) is 1. The van der Waals surface area contributed by atoms with Crippen LogP contribution in [0, 0.1) is 11.3 Å². The van der Waals surface area contributed by atoms with E-state index in [1.54, 1.807) is 6.07 Å². The number of fused-ring (bicyclic) bond motifs is 3. The maximum absolute atomic E-state index is 11.0. The molecular formula is C16H9NO2. The first-order valence-corrected chi connectivity index (χ1v) is 5.80. The number of hydrogen-bond acceptors (Lipinski definition) is 2. The largest absolute Gasteiger partial charge is 0.478 e. The molecule has 19 heavy (non-hydrogen) atoms. The van der Waals surface area contributed by atoms with E-state index in [2.05, 4.69) is 6.07 Å². The van der Waals surface area contributed by atoms with Gasteiger partial charge >= 0.3 is 5.97 Å². The predicted molar refractivity (Wildman–Crippen MR) is 71.3 cm³/mol. The lowest BCUT2D eigenvalue weighted by molar-refractivity contribution is -0.131. The molecule has 0 heterocycles. The van der Waals surface area contributed by atoms with E-state index in [4.69, 9.17) is 5.11 Å². The van der Waals surface area contributed by atoms with Gasteiger partial charge in [-0.3, -0.25) is 0 Å². The first-order chi connectivity index (χ1) is 9.22. The second-order valence-electron chi connectivity index (χ2n) is 4.28. The minimum atomic E-state index is -1.01. The molecule has 3 nitrogen and oxygen atoms in total. The van der Waals surface area contributed by atoms with Gasteiger partial charge in [0, 0.05) is 11.6 Å². The van der Waals surface area contributed by atoms with Crippen molar-refractivity contribution in [2.24, 2.45) is 0 Å². The fourth-order valence-electron chi connectivity index (χ4n) is 2.52. The van der Waals surface area contributed by atoms with Crippen LogP contribution >= 0.6 is 0 Å². The minimum Gasteiger partial charge on any atom is -0.478 e. The SMILES string of the molecule is N#Cc1cccc2c1C(=CC(=O)O)c1ccccc1-2. The Morgan fingerprint density at radius 1 is 1.05 bits per heavy atom. The molecule has 0 amide bonds. The molecule has 0 spiro atoms. The molecule has 0 saturated heterocycles. The Morgan fingerprint density at radius 2 is 1.74 bits per heavy atom. The Kier molecular flexibility index (Phi) is 2.43. The Labute approximate surface area is 110 Å². The molecular weight excluding hydrogens is 238 g/mol. The number of carboxylic acid groups (broad SMARTS) is 1. The molecule has 1 N–H and O–H groups in total. The zero-order valence-corrected chi connectivity index (χ0v) is 9.92. The zero-order valence-electron chi connectivity index (χ0n) is 9.92. The van der Waals surface area contributed by atoms with E-state index in [0.29, 0.717) is 16.7 Å². The highest BCUT2D eigenvalue weighted by atomic mass is 16.4. The number of carbonyl (C=O) groups is 1. The van der Waals surface area contributed by atoms with Crippen LogP contribution in [-0.4, -0.2) is 11.1 Å². The summed E-state index contributed by atoms with van der Waals surface area (Å²) in [5, 5.41) is 18.2. The van der Waals surface area contributed by atoms with Crippen LogP contribution < -0.4 is 0 Å². The van der Waals surface area contributed by atoms with Gasteiger partial charge in [0.25, 0.3) is 0 Å². The lowest BCUT2D eigenvalue weighted by Gasteiger charge is -2.03. The van der Waals surface area contributed by atoms with Gasteiger partial charge < -0.3 is 5.11 Å². The van der Waals surface area contributed by atoms with Gasteiger partial charge in [0.1, 0.15) is 0 Å². The van der Waals surface area contributed by atoms with Gasteiger partial charge in [0.15, 0.2) is 0 Å². The highest BCUT2D eigenvalue weighted by Gasteiger charge is 2.26. The Bertz CT molecular complexity index is 767. The van der Waals surface area contributed by atoms with Crippen LogP contribution in [0.4, 0.5) is 0 Å². The van der Waals surface area contributed by atoms with Crippen LogP contribution in [0.2, 0.25) is 0 Å². The summed E-state index contributed by atoms with van der Waals surface area (Å²) in [7, 11) is 0. The standard InChI is InChI=1S/C16H9NO2/c17-9-10-4-3-7-13-11-5-1-2-6-12(11)14(16(10)13)8-15(18)19/h1-8H,(H,18,19). The van der Waals surface area contributed by atoms with Crippen molar-refractivity contribution in [2.45, 2.75) is 0 Å². The average Bonchev–Trinajstić information content (AvgIpc) is 2.73. The van der Waals surface area contributed by atoms with Crippen molar-refractivity contribution >= 4 is 11.5 Å². The summed E-state index contributed by atoms with van der Waals surface area (Å²) in [6.07, 6.45) is 1.17. The van der Waals surface area contributed by atoms with Crippen LogP contribution in [-0.2, 0) is 4.79 Å². The van der Waals surface area contributed by atoms with Gasteiger partial charge in [0.05, 0.1) is 11.6 Å². The number of rotatable bonds is 1. The van der Waals surface area contributed by atoms with E-state index in [-0.39, 0.29) is 0 Å². The van der Waals surface area contributed by atoms with Crippen LogP contribution in [0.3, 0.4) is 0 Å². The maximum atomic E-state index is 11.0. The average molecular weight is 247 g/mol. The summed E-state index contributed by atoms with van der Waals surface area (Å²) in [6.45, 7) is 0. The summed E-state index contributed by atoms with van der Waals surface area (Å²) in [5.74, 6) is -1.01. The molecule has 0 fully saturated rings. The van der Waals surface area contributed by atoms with Gasteiger partial charge in [-0.1, -0.05) is 36.4 Å². The van der Waals surface area contributed by atoms with E-state index in [1.807, 2.05) is 36.4 Å². The van der Waals surface area contributed by atoms with Gasteiger partial charge in [-0.15, -0.1) is 0 Å². The van der Waals surface area contributed by atoms with E-state index < -0.39 is 5.97 Å². The van der Waals surface area contributed by atoms with E-state index in [1.165, 1.54) is 6.08 Å². The monoisotopic (exact) mass is 247 g/mol. The molecule has 1 aliphatic carbocycles. The summed E-state index contributed by atoms with van der Waals surface area (Å²) in [6, 6.07) is 15.2. The Balaban J connectivity index is 2.41. The second kappa shape index (κ2) is 4.11. The fourth-order valence-corrected chi connectivity index (χ4v) is 2.52. The van der Waals surface area contributed by atoms with E-state index in [0.717, 1.165) is 16.7 Å². The van der Waals surface area contributed by atoms with E-state index >= 15 is 0 Å². The molecule has 3 rings (SSSR count). The summed E-state index contributed by atoms with van der Waals surface area (Å²) in [4.78, 5) is 11.0. The van der Waals surface area contributed by atoms with E-state index in [9.17, 15) is 10.1 Å². The summed E-state index contributed by atoms with van der Waals surface area (Å²) in [5.41, 5.74) is 4.58. The van der Waals surface area contributed by atoms with Crippen molar-refractivity contribution in [3.63, 3.8) is 0 Å². The number of benzene rings is 2. The molecule has 2 aromatic carbocycles. The predicted octanol–water partition coefficient (Wildman–Crippen LogP) is 3.05. The molecule has 0 atom stereocenters. The van der Waals surface area contributed by atoms with Crippen LogP contribution in [0.1, 0.15) is 16.7 Å². The highest BCUT2D eigenvalue weighted by Crippen LogP contribution is 2.45. The number of aliphatic carboxylic acids is 1. The van der Waals surface area contributed by atoms with Crippen molar-refractivity contribution in [3.05, 3.63) is 65.2 Å². The number of carboxylic acids is 1. The van der Waals surface area contributed by atoms with Gasteiger partial charge in [-0.2, -0.15) is 5.26 Å². The first kappa shape index (κ1) is 11.2. The third-order valence-corrected chi connectivity index (χ3v) is 3.23. The van der Waals surface area contributed by atoms with Crippen molar-refractivity contribution in [2.75, 3.05) is 0 Å². The highest BCUT2D eigenvalue weighted by molar-refractivity contribution is 6.07. The van der Waals surface area contributed by atoms with Crippen LogP contribution in [0.5, 0.6) is 0 Å². The quantitative estimate of drug-likeness (QED) is 0.672. The lowest BCUT2D eigenvalue weighted by Crippen LogP contribution is -1.93. The molecule has 0 aliphatic heterocycles. The van der Waals surface area contributed by atoms with Gasteiger partial charge in [0.2, 0.25) is 0 Å². The van der Waals surface area contributed by atoms with Crippen LogP contribution in [0.15, 0.2) is 48.5 Å². The third-order valence-electron chi connectivity index (χ3n) is 3.23. The van der Waals surface area contributed by atoms with Crippen molar-refractivity contribution in [1.29, 1.82) is 5.26 Å². The first-order valence-electron chi connectivity index (χ1n) is 5.80. The van der Waals surface area contributed by atoms with Crippen molar-refractivity contribution in [3.8, 4) is 17.2 Å². The molecule has 2 aromatic rings. The summed E-state index contributed by atoms with van der Waals surface area (Å²) < 4.78 is 0. The molecule has 3 heteroatoms. The zero-order chi connectivity index (χ0) is 13.4. The Morgan fingerprint density at radius 3 is 2.42 bits per heavy atom. The topological polar surface area (TPSA) is 61.1 Å². The van der Waals surface area contributed by atoms with Crippen molar-refractivity contribution in [1.82, 2.24) is 0 Å². The van der Waals surface area contributed by atoms with Crippen molar-refractivity contribution < 1.29 is 9.90 Å². The van der Waals surface area contributed by atoms with Crippen LogP contribution in [0.25, 0.3) is 16.7 Å². The molecule has 0 aromatic heterocycles. The minimum absolute atomic E-state index is 0.501. The fraction of sp³-hybridized carbons (Fsp3) is 0.